The van der Waals surface area contributed by atoms with Crippen molar-refractivity contribution in [2.75, 3.05) is 12.4 Å². The summed E-state index contributed by atoms with van der Waals surface area (Å²) in [6.07, 6.45) is 4.38. The highest BCUT2D eigenvalue weighted by Gasteiger charge is 2.13. The van der Waals surface area contributed by atoms with Crippen LogP contribution in [0.2, 0.25) is 0 Å². The molecule has 0 unspecified atom stereocenters. The molecule has 0 fully saturated rings. The molecule has 0 bridgehead atoms. The highest BCUT2D eigenvalue weighted by molar-refractivity contribution is 7.99. The number of aryl methyl sites for hydroxylation is 1. The van der Waals surface area contributed by atoms with Crippen molar-refractivity contribution < 1.29 is 4.74 Å². The van der Waals surface area contributed by atoms with Gasteiger partial charge in [-0.15, -0.1) is 11.8 Å². The quantitative estimate of drug-likeness (QED) is 0.376. The number of ether oxygens (including phenoxy) is 1. The van der Waals surface area contributed by atoms with E-state index in [1.807, 2.05) is 13.2 Å². The minimum Gasteiger partial charge on any atom is -0.494 e. The van der Waals surface area contributed by atoms with Gasteiger partial charge in [0.25, 0.3) is 0 Å². The Morgan fingerprint density at radius 1 is 1.12 bits per heavy atom. The third-order valence-corrected chi connectivity index (χ3v) is 5.10. The first kappa shape index (κ1) is 17.7. The van der Waals surface area contributed by atoms with E-state index < -0.39 is 0 Å². The second-order valence-electron chi connectivity index (χ2n) is 7.01. The van der Waals surface area contributed by atoms with Crippen LogP contribution in [0.15, 0.2) is 41.8 Å². The number of rotatable bonds is 6. The number of nitrogens with zero attached hydrogens (tertiary/aromatic N) is 4. The van der Waals surface area contributed by atoms with Crippen molar-refractivity contribution in [3.63, 3.8) is 0 Å². The SMILES string of the molecule is Cn1ncc2c(SCCCOc3ccc(C(C)(C)C)cc3)ncnc21. The summed E-state index contributed by atoms with van der Waals surface area (Å²) in [4.78, 5) is 8.63. The first-order valence-electron chi connectivity index (χ1n) is 8.44. The van der Waals surface area contributed by atoms with E-state index in [0.717, 1.165) is 34.0 Å². The Morgan fingerprint density at radius 3 is 2.60 bits per heavy atom. The molecule has 25 heavy (non-hydrogen) atoms. The van der Waals surface area contributed by atoms with Crippen molar-refractivity contribution in [1.82, 2.24) is 19.7 Å². The maximum absolute atomic E-state index is 5.84. The molecule has 2 aromatic heterocycles. The molecular weight excluding hydrogens is 332 g/mol. The summed E-state index contributed by atoms with van der Waals surface area (Å²) in [6, 6.07) is 8.39. The van der Waals surface area contributed by atoms with Gasteiger partial charge in [-0.2, -0.15) is 5.10 Å². The van der Waals surface area contributed by atoms with E-state index in [1.54, 1.807) is 22.8 Å². The normalized spacial score (nSPS) is 11.8. The number of hydrogen-bond acceptors (Lipinski definition) is 5. The number of aromatic nitrogens is 4. The predicted octanol–water partition coefficient (Wildman–Crippen LogP) is 4.22. The van der Waals surface area contributed by atoms with Gasteiger partial charge in [0.2, 0.25) is 0 Å². The lowest BCUT2D eigenvalue weighted by molar-refractivity contribution is 0.318. The van der Waals surface area contributed by atoms with Crippen LogP contribution in [-0.2, 0) is 12.5 Å². The second kappa shape index (κ2) is 7.44. The smallest absolute Gasteiger partial charge is 0.162 e. The molecule has 1 aromatic carbocycles. The van der Waals surface area contributed by atoms with Crippen LogP contribution >= 0.6 is 11.8 Å². The zero-order chi connectivity index (χ0) is 17.9. The molecule has 0 atom stereocenters. The molecule has 0 amide bonds. The average Bonchev–Trinajstić information content (AvgIpc) is 2.96. The largest absolute Gasteiger partial charge is 0.494 e. The zero-order valence-electron chi connectivity index (χ0n) is 15.2. The molecule has 132 valence electrons. The predicted molar refractivity (Wildman–Crippen MR) is 102 cm³/mol. The minimum absolute atomic E-state index is 0.171. The Hall–Kier alpha value is -2.08. The van der Waals surface area contributed by atoms with E-state index in [1.165, 1.54) is 5.56 Å². The van der Waals surface area contributed by atoms with Crippen LogP contribution in [0.25, 0.3) is 11.0 Å². The van der Waals surface area contributed by atoms with E-state index >= 15 is 0 Å². The van der Waals surface area contributed by atoms with Crippen LogP contribution in [-0.4, -0.2) is 32.1 Å². The van der Waals surface area contributed by atoms with Crippen molar-refractivity contribution in [2.24, 2.45) is 7.05 Å². The van der Waals surface area contributed by atoms with Crippen molar-refractivity contribution in [3.05, 3.63) is 42.4 Å². The Labute approximate surface area is 152 Å². The average molecular weight is 356 g/mol. The molecule has 3 aromatic rings. The van der Waals surface area contributed by atoms with Crippen molar-refractivity contribution in [1.29, 1.82) is 0 Å². The molecule has 0 aliphatic heterocycles. The van der Waals surface area contributed by atoms with Gasteiger partial charge in [0.15, 0.2) is 5.65 Å². The van der Waals surface area contributed by atoms with Gasteiger partial charge in [0.1, 0.15) is 17.1 Å². The summed E-state index contributed by atoms with van der Waals surface area (Å²) in [5, 5.41) is 6.23. The van der Waals surface area contributed by atoms with Crippen LogP contribution in [0.4, 0.5) is 0 Å². The third kappa shape index (κ3) is 4.31. The lowest BCUT2D eigenvalue weighted by Crippen LogP contribution is -2.10. The maximum atomic E-state index is 5.84. The molecule has 0 spiro atoms. The molecule has 0 radical (unpaired) electrons. The van der Waals surface area contributed by atoms with Crippen LogP contribution in [0.1, 0.15) is 32.8 Å². The van der Waals surface area contributed by atoms with Gasteiger partial charge in [-0.25, -0.2) is 9.97 Å². The topological polar surface area (TPSA) is 52.8 Å². The Bertz CT molecular complexity index is 837. The van der Waals surface area contributed by atoms with Gasteiger partial charge in [-0.1, -0.05) is 32.9 Å². The van der Waals surface area contributed by atoms with E-state index in [9.17, 15) is 0 Å². The van der Waals surface area contributed by atoms with Gasteiger partial charge < -0.3 is 4.74 Å². The third-order valence-electron chi connectivity index (χ3n) is 4.01. The van der Waals surface area contributed by atoms with Gasteiger partial charge in [-0.05, 0) is 29.5 Å². The summed E-state index contributed by atoms with van der Waals surface area (Å²) in [5.41, 5.74) is 2.36. The molecule has 0 aliphatic carbocycles. The fraction of sp³-hybridized carbons (Fsp3) is 0.421. The first-order valence-corrected chi connectivity index (χ1v) is 9.42. The van der Waals surface area contributed by atoms with E-state index in [-0.39, 0.29) is 5.41 Å². The Balaban J connectivity index is 1.47. The fourth-order valence-electron chi connectivity index (χ4n) is 2.52. The molecule has 0 aliphatic rings. The molecule has 0 saturated carbocycles. The summed E-state index contributed by atoms with van der Waals surface area (Å²) in [6.45, 7) is 7.34. The highest BCUT2D eigenvalue weighted by atomic mass is 32.2. The zero-order valence-corrected chi connectivity index (χ0v) is 16.0. The first-order chi connectivity index (χ1) is 11.9. The summed E-state index contributed by atoms with van der Waals surface area (Å²) in [7, 11) is 1.89. The van der Waals surface area contributed by atoms with Crippen molar-refractivity contribution in [2.45, 2.75) is 37.6 Å². The van der Waals surface area contributed by atoms with Crippen molar-refractivity contribution in [3.8, 4) is 5.75 Å². The monoisotopic (exact) mass is 356 g/mol. The fourth-order valence-corrected chi connectivity index (χ4v) is 3.40. The van der Waals surface area contributed by atoms with Crippen molar-refractivity contribution >= 4 is 22.8 Å². The molecule has 5 nitrogen and oxygen atoms in total. The number of benzene rings is 1. The molecule has 0 N–H and O–H groups in total. The Kier molecular flexibility index (Phi) is 5.27. The molecule has 3 rings (SSSR count). The summed E-state index contributed by atoms with van der Waals surface area (Å²) >= 11 is 1.72. The summed E-state index contributed by atoms with van der Waals surface area (Å²) in [5.74, 6) is 1.87. The maximum Gasteiger partial charge on any atom is 0.162 e. The minimum atomic E-state index is 0.171. The van der Waals surface area contributed by atoms with E-state index in [4.69, 9.17) is 4.74 Å². The standard InChI is InChI=1S/C19H24N4OS/c1-19(2,3)14-6-8-15(9-7-14)24-10-5-11-25-18-16-12-22-23(4)17(16)20-13-21-18/h6-9,12-13H,5,10-11H2,1-4H3. The van der Waals surface area contributed by atoms with Crippen LogP contribution in [0.5, 0.6) is 5.75 Å². The second-order valence-corrected chi connectivity index (χ2v) is 8.09. The number of hydrogen-bond donors (Lipinski definition) is 0. The lowest BCUT2D eigenvalue weighted by Gasteiger charge is -2.19. The van der Waals surface area contributed by atoms with Crippen LogP contribution in [0.3, 0.4) is 0 Å². The van der Waals surface area contributed by atoms with Gasteiger partial charge >= 0.3 is 0 Å². The van der Waals surface area contributed by atoms with Gasteiger partial charge in [0, 0.05) is 12.8 Å². The number of fused-ring (bicyclic) bond motifs is 1. The highest BCUT2D eigenvalue weighted by Crippen LogP contribution is 2.25. The van der Waals surface area contributed by atoms with Gasteiger partial charge in [0.05, 0.1) is 18.2 Å². The summed E-state index contributed by atoms with van der Waals surface area (Å²) < 4.78 is 7.61. The molecule has 6 heteroatoms. The van der Waals surface area contributed by atoms with Crippen LogP contribution in [0, 0.1) is 0 Å². The molecular formula is C19H24N4OS. The van der Waals surface area contributed by atoms with Gasteiger partial charge in [-0.3, -0.25) is 4.68 Å². The lowest BCUT2D eigenvalue weighted by atomic mass is 9.87. The number of thioether (sulfide) groups is 1. The van der Waals surface area contributed by atoms with E-state index in [2.05, 4.69) is 60.1 Å². The van der Waals surface area contributed by atoms with E-state index in [0.29, 0.717) is 6.61 Å². The molecule has 0 saturated heterocycles. The van der Waals surface area contributed by atoms with Crippen LogP contribution < -0.4 is 4.74 Å². The Morgan fingerprint density at radius 2 is 1.88 bits per heavy atom. The molecule has 2 heterocycles.